The molecule has 4 saturated heterocycles. The van der Waals surface area contributed by atoms with E-state index in [2.05, 4.69) is 41.5 Å². The van der Waals surface area contributed by atoms with Crippen molar-refractivity contribution in [3.63, 3.8) is 0 Å². The van der Waals surface area contributed by atoms with Crippen molar-refractivity contribution in [2.75, 3.05) is 26.4 Å². The molecule has 14 N–H and O–H groups in total. The summed E-state index contributed by atoms with van der Waals surface area (Å²) in [5, 5.41) is 150. The Kier molecular flexibility index (Phi) is 16.5. The van der Waals surface area contributed by atoms with E-state index in [1.807, 2.05) is 13.0 Å². The van der Waals surface area contributed by atoms with Gasteiger partial charge in [-0.15, -0.1) is 0 Å². The average Bonchev–Trinajstić information content (AvgIpc) is 3.54. The molecule has 0 unspecified atom stereocenters. The maximum atomic E-state index is 15.4. The first-order valence-electron chi connectivity index (χ1n) is 27.3. The van der Waals surface area contributed by atoms with E-state index >= 15 is 4.79 Å². The van der Waals surface area contributed by atoms with Gasteiger partial charge in [-0.25, -0.2) is 4.79 Å². The van der Waals surface area contributed by atoms with Crippen LogP contribution in [0.15, 0.2) is 11.6 Å². The van der Waals surface area contributed by atoms with Gasteiger partial charge in [0.05, 0.1) is 38.6 Å². The lowest BCUT2D eigenvalue weighted by Crippen LogP contribution is -2.69. The summed E-state index contributed by atoms with van der Waals surface area (Å²) in [6.45, 7) is 12.5. The van der Waals surface area contributed by atoms with Crippen LogP contribution >= 0.6 is 0 Å². The lowest BCUT2D eigenvalue weighted by molar-refractivity contribution is -0.389. The van der Waals surface area contributed by atoms with Crippen LogP contribution in [0.1, 0.15) is 99.8 Å². The van der Waals surface area contributed by atoms with E-state index < -0.39 is 188 Å². The van der Waals surface area contributed by atoms with Gasteiger partial charge >= 0.3 is 5.97 Å². The zero-order valence-electron chi connectivity index (χ0n) is 44.8. The largest absolute Gasteiger partial charge is 0.479 e. The van der Waals surface area contributed by atoms with Crippen molar-refractivity contribution < 1.29 is 119 Å². The molecule has 24 nitrogen and oxygen atoms in total. The van der Waals surface area contributed by atoms with Crippen LogP contribution < -0.4 is 0 Å². The molecular weight excluding hydrogens is 1020 g/mol. The van der Waals surface area contributed by atoms with Crippen molar-refractivity contribution in [2.45, 2.75) is 229 Å². The molecule has 29 atom stereocenters. The molecule has 9 rings (SSSR count). The topological polar surface area (TPSA) is 391 Å². The van der Waals surface area contributed by atoms with Gasteiger partial charge in [0.2, 0.25) is 0 Å². The first kappa shape index (κ1) is 59.7. The maximum Gasteiger partial charge on any atom is 0.335 e. The van der Waals surface area contributed by atoms with Crippen LogP contribution in [0.5, 0.6) is 0 Å². The van der Waals surface area contributed by atoms with Gasteiger partial charge in [0.15, 0.2) is 37.0 Å². The Balaban J connectivity index is 0.976. The molecule has 24 heteroatoms. The smallest absolute Gasteiger partial charge is 0.335 e. The second-order valence-corrected chi connectivity index (χ2v) is 26.0. The Hall–Kier alpha value is -1.96. The van der Waals surface area contributed by atoms with Gasteiger partial charge in [0.25, 0.3) is 0 Å². The summed E-state index contributed by atoms with van der Waals surface area (Å²) >= 11 is 0. The van der Waals surface area contributed by atoms with Gasteiger partial charge in [-0.1, -0.05) is 54.0 Å². The average molecular weight is 1110 g/mol. The number of aliphatic carboxylic acids is 1. The highest BCUT2D eigenvalue weighted by atomic mass is 16.8. The molecule has 5 aliphatic carbocycles. The van der Waals surface area contributed by atoms with Crippen LogP contribution in [0, 0.1) is 50.2 Å². The number of carbonyl (C=O) groups excluding carboxylic acids is 1. The van der Waals surface area contributed by atoms with Crippen molar-refractivity contribution in [3.8, 4) is 0 Å². The second kappa shape index (κ2) is 21.3. The number of ketones is 1. The third-order valence-electron chi connectivity index (χ3n) is 21.0. The summed E-state index contributed by atoms with van der Waals surface area (Å²) in [6.07, 6.45) is -28.8. The molecule has 0 bridgehead atoms. The first-order chi connectivity index (χ1) is 36.0. The fourth-order valence-electron chi connectivity index (χ4n) is 16.2. The number of ether oxygens (including phenoxy) is 8. The van der Waals surface area contributed by atoms with Crippen LogP contribution in [0.2, 0.25) is 0 Å². The molecule has 0 spiro atoms. The SMILES string of the molecule is CC1(C)C[C@@H](O[C@@H]2OC[C@@H](O)[C@H](O)[C@H]2O)[C@]2(C)CC[C@]3(C)C(=CC(=O)[C@@H]4[C@@]5(C)CC[C@H](O[C@@H]6O[C@H](C(=O)O)[C@@H](O)[C@H](O)[C@H]6O[C@@H]6O[C@H](CO)[C@H](O)[C@H](O[C@@H]7O[C@H](CO)[C@@H](O)[C@H](O)[C@H]7O)[C@H]6O)[C@](C)(CO)[C@@H]5CC[C@]43C)[C@@H]2C1. The lowest BCUT2D eigenvalue weighted by Gasteiger charge is -2.71. The van der Waals surface area contributed by atoms with Crippen molar-refractivity contribution in [1.82, 2.24) is 0 Å². The molecule has 77 heavy (non-hydrogen) atoms. The fourth-order valence-corrected chi connectivity index (χ4v) is 16.2. The molecule has 4 aliphatic heterocycles. The quantitative estimate of drug-likeness (QED) is 0.0886. The Morgan fingerprint density at radius 3 is 1.84 bits per heavy atom. The molecule has 0 amide bonds. The third kappa shape index (κ3) is 9.60. The molecule has 440 valence electrons. The summed E-state index contributed by atoms with van der Waals surface area (Å²) < 4.78 is 47.9. The molecule has 9 aliphatic rings. The van der Waals surface area contributed by atoms with E-state index in [0.29, 0.717) is 32.1 Å². The van der Waals surface area contributed by atoms with Crippen LogP contribution in [-0.2, 0) is 47.5 Å². The zero-order valence-corrected chi connectivity index (χ0v) is 44.8. The van der Waals surface area contributed by atoms with Gasteiger partial charge in [0.1, 0.15) is 85.5 Å². The highest BCUT2D eigenvalue weighted by Gasteiger charge is 2.72. The molecule has 0 aromatic carbocycles. The van der Waals surface area contributed by atoms with Gasteiger partial charge in [-0.05, 0) is 90.9 Å². The molecule has 4 saturated carbocycles. The van der Waals surface area contributed by atoms with Crippen LogP contribution in [0.3, 0.4) is 0 Å². The number of carboxylic acid groups (broad SMARTS) is 1. The zero-order chi connectivity index (χ0) is 56.4. The predicted molar refractivity (Wildman–Crippen MR) is 259 cm³/mol. The number of aliphatic hydroxyl groups excluding tert-OH is 13. The number of carboxylic acids is 1. The molecule has 0 radical (unpaired) electrons. The van der Waals surface area contributed by atoms with E-state index in [0.717, 1.165) is 18.4 Å². The highest BCUT2D eigenvalue weighted by Crippen LogP contribution is 2.75. The number of hydrogen-bond acceptors (Lipinski definition) is 23. The Morgan fingerprint density at radius 1 is 0.597 bits per heavy atom. The standard InChI is InChI=1S/C53H84O24/c1-48(2)15-22-21-14-23(57)42-50(4)10-9-28(51(5,20-56)27(50)8-11-53(42,7)52(21,6)13-12-49(22,3)29(16-48)74-44-36(65)30(59)24(58)19-70-44)73-47-41(35(64)34(63)40(76-47)43(68)69)77-46-38(67)39(32(61)26(18-55)72-46)75-45-37(66)33(62)31(60)25(17-54)71-45/h14,22,24-42,44-47,54-56,58-67H,8-13,15-20H2,1-7H3,(H,68,69)/t22-,24+,25+,26+,27+,28-,29+,30-,31+,32-,33-,34-,35-,36+,37+,38+,39-,40-,41+,42+,44-,45-,46-,47+,49+,50-,51+,52+,53+/m0/s1. The number of allylic oxidation sites excluding steroid dienone is 2. The number of hydrogen-bond donors (Lipinski definition) is 14. The predicted octanol–water partition coefficient (Wildman–Crippen LogP) is -2.68. The number of carbonyl (C=O) groups is 2. The van der Waals surface area contributed by atoms with E-state index in [9.17, 15) is 76.3 Å². The number of aliphatic hydroxyl groups is 13. The van der Waals surface area contributed by atoms with Gasteiger partial charge in [-0.3, -0.25) is 4.79 Å². The van der Waals surface area contributed by atoms with Gasteiger partial charge < -0.3 is 109 Å². The van der Waals surface area contributed by atoms with E-state index in [4.69, 9.17) is 37.9 Å². The molecular formula is C53H84O24. The van der Waals surface area contributed by atoms with Crippen LogP contribution in [-0.4, -0.2) is 239 Å². The molecule has 4 heterocycles. The summed E-state index contributed by atoms with van der Waals surface area (Å²) in [4.78, 5) is 27.9. The monoisotopic (exact) mass is 1100 g/mol. The van der Waals surface area contributed by atoms with Gasteiger partial charge in [-0.2, -0.15) is 0 Å². The molecule has 0 aromatic rings. The maximum absolute atomic E-state index is 15.4. The van der Waals surface area contributed by atoms with Crippen LogP contribution in [0.25, 0.3) is 0 Å². The Morgan fingerprint density at radius 2 is 1.21 bits per heavy atom. The van der Waals surface area contributed by atoms with E-state index in [-0.39, 0.29) is 36.1 Å². The number of fused-ring (bicyclic) bond motifs is 7. The summed E-state index contributed by atoms with van der Waals surface area (Å²) in [5.41, 5.74) is -2.62. The molecule has 8 fully saturated rings. The van der Waals surface area contributed by atoms with Gasteiger partial charge in [0, 0.05) is 16.7 Å². The third-order valence-corrected chi connectivity index (χ3v) is 21.0. The highest BCUT2D eigenvalue weighted by molar-refractivity contribution is 5.95. The minimum absolute atomic E-state index is 0.0308. The fraction of sp³-hybridized carbons (Fsp3) is 0.925. The van der Waals surface area contributed by atoms with Crippen molar-refractivity contribution in [2.24, 2.45) is 50.2 Å². The number of rotatable bonds is 12. The summed E-state index contributed by atoms with van der Waals surface area (Å²) in [5.74, 6) is -2.70. The minimum Gasteiger partial charge on any atom is -0.479 e. The van der Waals surface area contributed by atoms with Crippen molar-refractivity contribution in [3.05, 3.63) is 11.6 Å². The lowest BCUT2D eigenvalue weighted by atomic mass is 9.33. The van der Waals surface area contributed by atoms with Crippen LogP contribution in [0.4, 0.5) is 0 Å². The second-order valence-electron chi connectivity index (χ2n) is 26.0. The Labute approximate surface area is 446 Å². The van der Waals surface area contributed by atoms with E-state index in [1.165, 1.54) is 0 Å². The minimum atomic E-state index is -2.15. The van der Waals surface area contributed by atoms with Crippen molar-refractivity contribution >= 4 is 11.8 Å². The van der Waals surface area contributed by atoms with Crippen molar-refractivity contribution in [1.29, 1.82) is 0 Å². The summed E-state index contributed by atoms with van der Waals surface area (Å²) in [6, 6.07) is 0. The summed E-state index contributed by atoms with van der Waals surface area (Å²) in [7, 11) is 0. The molecule has 0 aromatic heterocycles. The van der Waals surface area contributed by atoms with E-state index in [1.54, 1.807) is 0 Å². The first-order valence-corrected chi connectivity index (χ1v) is 27.3. The Bertz CT molecular complexity index is 2180. The normalized spacial score (nSPS) is 54.8.